The Kier molecular flexibility index (Phi) is 7.13. The number of rotatable bonds is 6. The SMILES string of the molecule is COC(=O)c1cc2c(OC[C@H](N)Cc3ccccc3)ccc(Cl)c2n1C.Cl. The van der Waals surface area contributed by atoms with Crippen LogP contribution in [0.5, 0.6) is 5.75 Å². The first kappa shape index (κ1) is 21.1. The number of nitrogens with zero attached hydrogens (tertiary/aromatic N) is 1. The van der Waals surface area contributed by atoms with E-state index >= 15 is 0 Å². The molecule has 3 aromatic rings. The molecule has 0 unspecified atom stereocenters. The van der Waals surface area contributed by atoms with Crippen LogP contribution in [-0.2, 0) is 18.2 Å². The Hall–Kier alpha value is -2.21. The molecule has 0 saturated carbocycles. The maximum Gasteiger partial charge on any atom is 0.354 e. The maximum absolute atomic E-state index is 11.9. The molecular formula is C20H22Cl2N2O3. The quantitative estimate of drug-likeness (QED) is 0.626. The summed E-state index contributed by atoms with van der Waals surface area (Å²) in [6, 6.07) is 15.2. The van der Waals surface area contributed by atoms with E-state index in [0.717, 1.165) is 22.9 Å². The first-order chi connectivity index (χ1) is 12.5. The molecule has 2 N–H and O–H groups in total. The van der Waals surface area contributed by atoms with Crippen LogP contribution < -0.4 is 10.5 Å². The standard InChI is InChI=1S/C20H21ClN2O3.ClH/c1-23-17(20(24)25-2)11-15-18(9-8-16(21)19(15)23)26-12-14(22)10-13-6-4-3-5-7-13;/h3-9,11,14H,10,12,22H2,1-2H3;1H/t14-;/m1./s1. The molecule has 1 heterocycles. The van der Waals surface area contributed by atoms with Crippen LogP contribution in [0.15, 0.2) is 48.5 Å². The van der Waals surface area contributed by atoms with Crippen molar-refractivity contribution in [3.8, 4) is 5.75 Å². The van der Waals surface area contributed by atoms with Gasteiger partial charge in [-0.1, -0.05) is 41.9 Å². The van der Waals surface area contributed by atoms with Gasteiger partial charge in [0, 0.05) is 18.5 Å². The van der Waals surface area contributed by atoms with E-state index in [1.165, 1.54) is 7.11 Å². The summed E-state index contributed by atoms with van der Waals surface area (Å²) in [6.45, 7) is 0.355. The first-order valence-corrected chi connectivity index (χ1v) is 8.67. The molecule has 3 rings (SSSR count). The second-order valence-corrected chi connectivity index (χ2v) is 6.56. The zero-order valence-corrected chi connectivity index (χ0v) is 16.7. The van der Waals surface area contributed by atoms with Crippen LogP contribution in [0.25, 0.3) is 10.9 Å². The normalized spacial score (nSPS) is 11.7. The minimum atomic E-state index is -0.425. The number of halogens is 2. The number of hydrogen-bond acceptors (Lipinski definition) is 4. The van der Waals surface area contributed by atoms with Crippen molar-refractivity contribution < 1.29 is 14.3 Å². The third-order valence-electron chi connectivity index (χ3n) is 4.29. The van der Waals surface area contributed by atoms with E-state index in [-0.39, 0.29) is 18.4 Å². The van der Waals surface area contributed by atoms with Gasteiger partial charge < -0.3 is 19.8 Å². The molecule has 0 spiro atoms. The van der Waals surface area contributed by atoms with Gasteiger partial charge in [-0.2, -0.15) is 0 Å². The van der Waals surface area contributed by atoms with Crippen molar-refractivity contribution in [3.63, 3.8) is 0 Å². The number of carbonyl (C=O) groups excluding carboxylic acids is 1. The molecule has 0 fully saturated rings. The van der Waals surface area contributed by atoms with E-state index in [9.17, 15) is 4.79 Å². The van der Waals surface area contributed by atoms with Crippen LogP contribution in [0.4, 0.5) is 0 Å². The number of methoxy groups -OCH3 is 1. The van der Waals surface area contributed by atoms with Gasteiger partial charge in [0.2, 0.25) is 0 Å². The summed E-state index contributed by atoms with van der Waals surface area (Å²) >= 11 is 6.31. The molecule has 0 radical (unpaired) electrons. The van der Waals surface area contributed by atoms with Crippen LogP contribution >= 0.6 is 24.0 Å². The van der Waals surface area contributed by atoms with E-state index in [0.29, 0.717) is 23.1 Å². The number of esters is 1. The summed E-state index contributed by atoms with van der Waals surface area (Å²) in [5.41, 5.74) is 8.50. The molecule has 0 saturated heterocycles. The average Bonchev–Trinajstić information content (AvgIpc) is 3.00. The molecule has 5 nitrogen and oxygen atoms in total. The molecule has 0 bridgehead atoms. The Morgan fingerprint density at radius 2 is 1.93 bits per heavy atom. The van der Waals surface area contributed by atoms with Gasteiger partial charge in [-0.3, -0.25) is 0 Å². The fraction of sp³-hybridized carbons (Fsp3) is 0.250. The Bertz CT molecular complexity index is 926. The summed E-state index contributed by atoms with van der Waals surface area (Å²) < 4.78 is 12.5. The third-order valence-corrected chi connectivity index (χ3v) is 4.60. The van der Waals surface area contributed by atoms with Crippen molar-refractivity contribution in [2.75, 3.05) is 13.7 Å². The van der Waals surface area contributed by atoms with E-state index in [4.69, 9.17) is 26.8 Å². The Morgan fingerprint density at radius 1 is 1.22 bits per heavy atom. The third kappa shape index (κ3) is 4.56. The number of fused-ring (bicyclic) bond motifs is 1. The second-order valence-electron chi connectivity index (χ2n) is 6.15. The highest BCUT2D eigenvalue weighted by atomic mass is 35.5. The molecular weight excluding hydrogens is 387 g/mol. The minimum absolute atomic E-state index is 0. The molecule has 27 heavy (non-hydrogen) atoms. The van der Waals surface area contributed by atoms with Crippen LogP contribution in [0.2, 0.25) is 5.02 Å². The Labute approximate surface area is 169 Å². The van der Waals surface area contributed by atoms with Gasteiger partial charge in [-0.05, 0) is 30.2 Å². The molecule has 0 aliphatic heterocycles. The van der Waals surface area contributed by atoms with Gasteiger partial charge in [-0.25, -0.2) is 4.79 Å². The minimum Gasteiger partial charge on any atom is -0.491 e. The number of nitrogens with two attached hydrogens (primary N) is 1. The second kappa shape index (κ2) is 9.13. The molecule has 0 aliphatic rings. The lowest BCUT2D eigenvalue weighted by Gasteiger charge is -2.14. The molecule has 144 valence electrons. The van der Waals surface area contributed by atoms with Crippen LogP contribution in [0.3, 0.4) is 0 Å². The molecule has 2 aromatic carbocycles. The van der Waals surface area contributed by atoms with Gasteiger partial charge >= 0.3 is 5.97 Å². The van der Waals surface area contributed by atoms with Crippen molar-refractivity contribution in [1.82, 2.24) is 4.57 Å². The van der Waals surface area contributed by atoms with Crippen molar-refractivity contribution >= 4 is 40.9 Å². The lowest BCUT2D eigenvalue weighted by molar-refractivity contribution is 0.0590. The average molecular weight is 409 g/mol. The number of ether oxygens (including phenoxy) is 2. The molecule has 1 aromatic heterocycles. The van der Waals surface area contributed by atoms with E-state index < -0.39 is 5.97 Å². The van der Waals surface area contributed by atoms with Crippen molar-refractivity contribution in [2.24, 2.45) is 12.8 Å². The van der Waals surface area contributed by atoms with Crippen LogP contribution in [0.1, 0.15) is 16.1 Å². The smallest absolute Gasteiger partial charge is 0.354 e. The largest absolute Gasteiger partial charge is 0.491 e. The zero-order valence-electron chi connectivity index (χ0n) is 15.1. The van der Waals surface area contributed by atoms with E-state index in [1.807, 2.05) is 30.3 Å². The summed E-state index contributed by atoms with van der Waals surface area (Å²) in [7, 11) is 3.12. The first-order valence-electron chi connectivity index (χ1n) is 8.29. The van der Waals surface area contributed by atoms with Crippen molar-refractivity contribution in [3.05, 3.63) is 64.8 Å². The summed E-state index contributed by atoms with van der Waals surface area (Å²) in [4.78, 5) is 11.9. The number of aromatic nitrogens is 1. The number of aryl methyl sites for hydroxylation is 1. The van der Waals surface area contributed by atoms with Crippen molar-refractivity contribution in [2.45, 2.75) is 12.5 Å². The topological polar surface area (TPSA) is 66.5 Å². The predicted octanol–water partition coefficient (Wildman–Crippen LogP) is 3.99. The highest BCUT2D eigenvalue weighted by molar-refractivity contribution is 6.35. The van der Waals surface area contributed by atoms with Gasteiger partial charge in [-0.15, -0.1) is 12.4 Å². The maximum atomic E-state index is 11.9. The number of hydrogen-bond donors (Lipinski definition) is 1. The monoisotopic (exact) mass is 408 g/mol. The van der Waals surface area contributed by atoms with Crippen LogP contribution in [0, 0.1) is 0 Å². The number of carbonyl (C=O) groups is 1. The van der Waals surface area contributed by atoms with Gasteiger partial charge in [0.1, 0.15) is 18.1 Å². The van der Waals surface area contributed by atoms with Crippen molar-refractivity contribution in [1.29, 1.82) is 0 Å². The van der Waals surface area contributed by atoms with Crippen LogP contribution in [-0.4, -0.2) is 30.3 Å². The summed E-state index contributed by atoms with van der Waals surface area (Å²) in [5, 5.41) is 1.30. The summed E-state index contributed by atoms with van der Waals surface area (Å²) in [6.07, 6.45) is 0.722. The van der Waals surface area contributed by atoms with Gasteiger partial charge in [0.05, 0.1) is 17.6 Å². The van der Waals surface area contributed by atoms with Gasteiger partial charge in [0.25, 0.3) is 0 Å². The predicted molar refractivity (Wildman–Crippen MR) is 110 cm³/mol. The lowest BCUT2D eigenvalue weighted by atomic mass is 10.1. The fourth-order valence-electron chi connectivity index (χ4n) is 3.00. The molecule has 0 aliphatic carbocycles. The Morgan fingerprint density at radius 3 is 2.59 bits per heavy atom. The number of benzene rings is 2. The summed E-state index contributed by atoms with van der Waals surface area (Å²) in [5.74, 6) is 0.213. The van der Waals surface area contributed by atoms with E-state index in [2.05, 4.69) is 0 Å². The van der Waals surface area contributed by atoms with Gasteiger partial charge in [0.15, 0.2) is 0 Å². The highest BCUT2D eigenvalue weighted by Gasteiger charge is 2.19. The molecule has 1 atom stereocenters. The lowest BCUT2D eigenvalue weighted by Crippen LogP contribution is -2.30. The fourth-order valence-corrected chi connectivity index (χ4v) is 3.29. The molecule has 7 heteroatoms. The Balaban J connectivity index is 0.00000261. The zero-order chi connectivity index (χ0) is 18.7. The highest BCUT2D eigenvalue weighted by Crippen LogP contribution is 2.34. The molecule has 0 amide bonds. The van der Waals surface area contributed by atoms with E-state index in [1.54, 1.807) is 29.8 Å².